The average molecular weight is 493 g/mol. The third-order valence-corrected chi connectivity index (χ3v) is 5.79. The van der Waals surface area contributed by atoms with E-state index in [1.165, 1.54) is 11.8 Å². The number of hydrogen-bond donors (Lipinski definition) is 1. The summed E-state index contributed by atoms with van der Waals surface area (Å²) in [5.74, 6) is -0.351. The molecule has 0 atom stereocenters. The molecule has 0 aliphatic carbocycles. The van der Waals surface area contributed by atoms with E-state index in [2.05, 4.69) is 26.2 Å². The van der Waals surface area contributed by atoms with Crippen LogP contribution in [-0.2, 0) is 4.79 Å². The van der Waals surface area contributed by atoms with Gasteiger partial charge < -0.3 is 10.1 Å². The molecule has 1 aliphatic rings. The molecular weight excluding hydrogens is 476 g/mol. The number of benzene rings is 3. The number of thioether (sulfide) groups is 1. The highest BCUT2D eigenvalue weighted by Gasteiger charge is 2.24. The average Bonchev–Trinajstić information content (AvgIpc) is 3.09. The summed E-state index contributed by atoms with van der Waals surface area (Å²) in [7, 11) is 0. The zero-order chi connectivity index (χ0) is 21.8. The molecule has 3 aromatic carbocycles. The van der Waals surface area contributed by atoms with E-state index in [9.17, 15) is 9.59 Å². The van der Waals surface area contributed by atoms with Crippen molar-refractivity contribution in [3.63, 3.8) is 0 Å². The van der Waals surface area contributed by atoms with Crippen molar-refractivity contribution in [3.05, 3.63) is 98.9 Å². The number of rotatable bonds is 4. The topological polar surface area (TPSA) is 67.8 Å². The largest absolute Gasteiger partial charge is 0.422 e. The van der Waals surface area contributed by atoms with Crippen molar-refractivity contribution in [2.24, 2.45) is 4.99 Å². The molecule has 31 heavy (non-hydrogen) atoms. The molecule has 0 aromatic heterocycles. The van der Waals surface area contributed by atoms with Crippen LogP contribution in [0.1, 0.15) is 21.5 Å². The molecule has 5 nitrogen and oxygen atoms in total. The van der Waals surface area contributed by atoms with E-state index in [1.807, 2.05) is 49.4 Å². The Morgan fingerprint density at radius 2 is 1.81 bits per heavy atom. The fourth-order valence-corrected chi connectivity index (χ4v) is 4.03. The van der Waals surface area contributed by atoms with Gasteiger partial charge in [0.05, 0.1) is 16.2 Å². The van der Waals surface area contributed by atoms with Crippen LogP contribution in [0.25, 0.3) is 6.08 Å². The number of nitrogens with one attached hydrogen (secondary N) is 1. The lowest BCUT2D eigenvalue weighted by Gasteiger charge is -2.09. The van der Waals surface area contributed by atoms with E-state index in [1.54, 1.807) is 36.4 Å². The van der Waals surface area contributed by atoms with E-state index in [-0.39, 0.29) is 5.91 Å². The van der Waals surface area contributed by atoms with E-state index in [0.29, 0.717) is 26.9 Å². The van der Waals surface area contributed by atoms with Crippen molar-refractivity contribution in [3.8, 4) is 5.75 Å². The number of carbonyl (C=O) groups is 2. The van der Waals surface area contributed by atoms with Gasteiger partial charge in [0, 0.05) is 10.0 Å². The molecule has 1 N–H and O–H groups in total. The fraction of sp³-hybridized carbons (Fsp3) is 0.0417. The first kappa shape index (κ1) is 21.1. The molecule has 7 heteroatoms. The third-order valence-electron chi connectivity index (χ3n) is 4.39. The molecule has 0 bridgehead atoms. The van der Waals surface area contributed by atoms with Crippen LogP contribution in [0.3, 0.4) is 0 Å². The monoisotopic (exact) mass is 492 g/mol. The van der Waals surface area contributed by atoms with Gasteiger partial charge in [-0.2, -0.15) is 0 Å². The van der Waals surface area contributed by atoms with Crippen molar-refractivity contribution >= 4 is 56.5 Å². The van der Waals surface area contributed by atoms with Gasteiger partial charge in [-0.1, -0.05) is 51.8 Å². The first-order valence-electron chi connectivity index (χ1n) is 9.41. The predicted molar refractivity (Wildman–Crippen MR) is 128 cm³/mol. The van der Waals surface area contributed by atoms with Crippen molar-refractivity contribution in [1.82, 2.24) is 5.32 Å². The van der Waals surface area contributed by atoms with E-state index in [0.717, 1.165) is 15.7 Å². The van der Waals surface area contributed by atoms with Crippen molar-refractivity contribution in [1.29, 1.82) is 0 Å². The maximum absolute atomic E-state index is 12.6. The zero-order valence-electron chi connectivity index (χ0n) is 16.5. The first-order valence-corrected chi connectivity index (χ1v) is 11.0. The Bertz CT molecular complexity index is 1210. The maximum atomic E-state index is 12.6. The molecular formula is C24H17BrN2O3S. The summed E-state index contributed by atoms with van der Waals surface area (Å²) in [5.41, 5.74) is 2.87. The third kappa shape index (κ3) is 5.31. The number of halogens is 1. The van der Waals surface area contributed by atoms with Gasteiger partial charge in [0.15, 0.2) is 5.17 Å². The number of aliphatic imine (C=N–C) groups is 1. The molecule has 1 aliphatic heterocycles. The second-order valence-corrected chi connectivity index (χ2v) is 8.70. The number of para-hydroxylation sites is 1. The minimum absolute atomic E-state index is 0.254. The van der Waals surface area contributed by atoms with Crippen molar-refractivity contribution in [2.75, 3.05) is 0 Å². The Hall–Kier alpha value is -3.16. The van der Waals surface area contributed by atoms with Gasteiger partial charge >= 0.3 is 5.97 Å². The van der Waals surface area contributed by atoms with Gasteiger partial charge in [-0.25, -0.2) is 9.79 Å². The van der Waals surface area contributed by atoms with Crippen LogP contribution >= 0.6 is 27.7 Å². The van der Waals surface area contributed by atoms with E-state index in [4.69, 9.17) is 4.74 Å². The molecule has 1 amide bonds. The van der Waals surface area contributed by atoms with Crippen LogP contribution in [0.2, 0.25) is 0 Å². The van der Waals surface area contributed by atoms with Gasteiger partial charge in [0.1, 0.15) is 5.75 Å². The standard InChI is InChI=1S/C24H17BrN2O3S/c1-15-7-9-16(10-8-15)23(29)30-20-12-11-18(25)13-17(20)14-21-22(28)27-24(31-21)26-19-5-3-2-4-6-19/h2-14H,1H3,(H,26,27,28)/b21-14-. The normalized spacial score (nSPS) is 15.9. The van der Waals surface area contributed by atoms with Crippen LogP contribution in [-0.4, -0.2) is 17.0 Å². The predicted octanol–water partition coefficient (Wildman–Crippen LogP) is 5.87. The van der Waals surface area contributed by atoms with Gasteiger partial charge in [-0.15, -0.1) is 0 Å². The Labute approximate surface area is 192 Å². The first-order chi connectivity index (χ1) is 15.0. The number of aryl methyl sites for hydroxylation is 1. The summed E-state index contributed by atoms with van der Waals surface area (Å²) in [4.78, 5) is 29.9. The Balaban J connectivity index is 1.59. The quantitative estimate of drug-likeness (QED) is 0.281. The Kier molecular flexibility index (Phi) is 6.34. The molecule has 3 aromatic rings. The van der Waals surface area contributed by atoms with E-state index < -0.39 is 5.97 Å². The number of ether oxygens (including phenoxy) is 1. The lowest BCUT2D eigenvalue weighted by atomic mass is 10.1. The summed E-state index contributed by atoms with van der Waals surface area (Å²) in [6.07, 6.45) is 1.69. The summed E-state index contributed by atoms with van der Waals surface area (Å²) >= 11 is 4.67. The Morgan fingerprint density at radius 3 is 2.55 bits per heavy atom. The van der Waals surface area contributed by atoms with Crippen LogP contribution < -0.4 is 10.1 Å². The molecule has 154 valence electrons. The number of amides is 1. The van der Waals surface area contributed by atoms with Crippen molar-refractivity contribution < 1.29 is 14.3 Å². The number of esters is 1. The number of hydrogen-bond acceptors (Lipinski definition) is 5. The molecule has 1 fully saturated rings. The minimum Gasteiger partial charge on any atom is -0.422 e. The SMILES string of the molecule is Cc1ccc(C(=O)Oc2ccc(Br)cc2/C=C2\SC(=Nc3ccccc3)NC2=O)cc1. The molecule has 0 saturated carbocycles. The maximum Gasteiger partial charge on any atom is 0.343 e. The van der Waals surface area contributed by atoms with Crippen LogP contribution in [0, 0.1) is 6.92 Å². The fourth-order valence-electron chi connectivity index (χ4n) is 2.82. The smallest absolute Gasteiger partial charge is 0.343 e. The molecule has 1 heterocycles. The van der Waals surface area contributed by atoms with Crippen LogP contribution in [0.15, 0.2) is 87.2 Å². The lowest BCUT2D eigenvalue weighted by Crippen LogP contribution is -2.19. The minimum atomic E-state index is -0.461. The highest BCUT2D eigenvalue weighted by Crippen LogP contribution is 2.32. The van der Waals surface area contributed by atoms with Crippen molar-refractivity contribution in [2.45, 2.75) is 6.92 Å². The molecule has 4 rings (SSSR count). The highest BCUT2D eigenvalue weighted by atomic mass is 79.9. The second kappa shape index (κ2) is 9.32. The van der Waals surface area contributed by atoms with Gasteiger partial charge in [-0.3, -0.25) is 4.79 Å². The second-order valence-electron chi connectivity index (χ2n) is 6.75. The summed E-state index contributed by atoms with van der Waals surface area (Å²) < 4.78 is 6.42. The molecule has 0 radical (unpaired) electrons. The Morgan fingerprint density at radius 1 is 1.06 bits per heavy atom. The van der Waals surface area contributed by atoms with Gasteiger partial charge in [-0.05, 0) is 67.2 Å². The number of carbonyl (C=O) groups excluding carboxylic acids is 2. The lowest BCUT2D eigenvalue weighted by molar-refractivity contribution is -0.115. The number of nitrogens with zero attached hydrogens (tertiary/aromatic N) is 1. The summed E-state index contributed by atoms with van der Waals surface area (Å²) in [6, 6.07) is 21.8. The van der Waals surface area contributed by atoms with E-state index >= 15 is 0 Å². The van der Waals surface area contributed by atoms with Gasteiger partial charge in [0.25, 0.3) is 5.91 Å². The van der Waals surface area contributed by atoms with Crippen LogP contribution in [0.4, 0.5) is 5.69 Å². The summed E-state index contributed by atoms with van der Waals surface area (Å²) in [6.45, 7) is 1.95. The highest BCUT2D eigenvalue weighted by molar-refractivity contribution is 9.10. The zero-order valence-corrected chi connectivity index (χ0v) is 18.9. The molecule has 1 saturated heterocycles. The molecule has 0 spiro atoms. The molecule has 0 unspecified atom stereocenters. The van der Waals surface area contributed by atoms with Crippen LogP contribution in [0.5, 0.6) is 5.75 Å². The summed E-state index contributed by atoms with van der Waals surface area (Å²) in [5, 5.41) is 3.26. The van der Waals surface area contributed by atoms with Gasteiger partial charge in [0.2, 0.25) is 0 Å². The number of amidine groups is 1.